The number of ether oxygens (including phenoxy) is 1. The molecular weight excluding hydrogens is 314 g/mol. The number of aryl methyl sites for hydroxylation is 1. The Morgan fingerprint density at radius 2 is 2.16 bits per heavy atom. The molecule has 1 heterocycles. The molecule has 1 aliphatic carbocycles. The predicted molar refractivity (Wildman–Crippen MR) is 99.7 cm³/mol. The Morgan fingerprint density at radius 1 is 1.28 bits per heavy atom. The number of hydrogen-bond donors (Lipinski definition) is 2. The molecule has 0 saturated heterocycles. The van der Waals surface area contributed by atoms with E-state index in [1.165, 1.54) is 12.8 Å². The zero-order valence-electron chi connectivity index (χ0n) is 14.8. The number of nitrogens with zero attached hydrogens (tertiary/aromatic N) is 3. The molecule has 1 aliphatic rings. The van der Waals surface area contributed by atoms with Crippen molar-refractivity contribution in [2.45, 2.75) is 32.4 Å². The molecule has 0 atom stereocenters. The Morgan fingerprint density at radius 3 is 2.92 bits per heavy atom. The highest BCUT2D eigenvalue weighted by Crippen LogP contribution is 2.30. The lowest BCUT2D eigenvalue weighted by atomic mass is 10.2. The Hall–Kier alpha value is -2.50. The summed E-state index contributed by atoms with van der Waals surface area (Å²) in [5, 5.41) is 10.9. The Kier molecular flexibility index (Phi) is 6.31. The molecule has 0 unspecified atom stereocenters. The van der Waals surface area contributed by atoms with Crippen molar-refractivity contribution in [3.8, 4) is 5.75 Å². The quantitative estimate of drug-likeness (QED) is 0.418. The molecule has 6 nitrogen and oxygen atoms in total. The van der Waals surface area contributed by atoms with Crippen LogP contribution in [0.4, 0.5) is 0 Å². The van der Waals surface area contributed by atoms with Crippen molar-refractivity contribution in [1.29, 1.82) is 0 Å². The first-order valence-electron chi connectivity index (χ1n) is 8.98. The first kappa shape index (κ1) is 17.3. The maximum atomic E-state index is 5.96. The van der Waals surface area contributed by atoms with Gasteiger partial charge in [0.1, 0.15) is 5.75 Å². The first-order chi connectivity index (χ1) is 12.3. The molecule has 0 aliphatic heterocycles. The van der Waals surface area contributed by atoms with Crippen molar-refractivity contribution >= 4 is 5.96 Å². The second kappa shape index (κ2) is 9.11. The van der Waals surface area contributed by atoms with Crippen molar-refractivity contribution in [1.82, 2.24) is 20.4 Å². The minimum atomic E-state index is 0.694. The van der Waals surface area contributed by atoms with E-state index in [1.54, 1.807) is 13.2 Å². The van der Waals surface area contributed by atoms with Crippen LogP contribution in [0.3, 0.4) is 0 Å². The van der Waals surface area contributed by atoms with Crippen LogP contribution in [0.15, 0.2) is 47.7 Å². The summed E-state index contributed by atoms with van der Waals surface area (Å²) in [5.41, 5.74) is 1.16. The second-order valence-corrected chi connectivity index (χ2v) is 6.34. The molecule has 6 heteroatoms. The van der Waals surface area contributed by atoms with E-state index in [4.69, 9.17) is 4.74 Å². The van der Waals surface area contributed by atoms with E-state index in [1.807, 2.05) is 35.1 Å². The monoisotopic (exact) mass is 341 g/mol. The summed E-state index contributed by atoms with van der Waals surface area (Å²) in [5.74, 6) is 2.53. The van der Waals surface area contributed by atoms with E-state index in [0.29, 0.717) is 6.54 Å². The number of rotatable bonds is 9. The summed E-state index contributed by atoms with van der Waals surface area (Å²) in [6.45, 7) is 3.27. The second-order valence-electron chi connectivity index (χ2n) is 6.34. The van der Waals surface area contributed by atoms with Crippen molar-refractivity contribution in [2.24, 2.45) is 10.9 Å². The highest BCUT2D eigenvalue weighted by atomic mass is 16.5. The molecule has 134 valence electrons. The van der Waals surface area contributed by atoms with E-state index in [-0.39, 0.29) is 0 Å². The highest BCUT2D eigenvalue weighted by molar-refractivity contribution is 5.79. The lowest BCUT2D eigenvalue weighted by Crippen LogP contribution is -2.37. The lowest BCUT2D eigenvalue weighted by Gasteiger charge is -2.15. The van der Waals surface area contributed by atoms with Crippen LogP contribution in [0.5, 0.6) is 5.75 Å². The van der Waals surface area contributed by atoms with Gasteiger partial charge in [-0.3, -0.25) is 9.67 Å². The molecule has 1 saturated carbocycles. The third kappa shape index (κ3) is 5.81. The van der Waals surface area contributed by atoms with Gasteiger partial charge in [0.15, 0.2) is 5.96 Å². The van der Waals surface area contributed by atoms with Crippen LogP contribution >= 0.6 is 0 Å². The van der Waals surface area contributed by atoms with E-state index in [9.17, 15) is 0 Å². The minimum Gasteiger partial charge on any atom is -0.493 e. The number of para-hydroxylation sites is 1. The van der Waals surface area contributed by atoms with Crippen LogP contribution in [-0.2, 0) is 13.1 Å². The normalized spacial score (nSPS) is 14.4. The minimum absolute atomic E-state index is 0.694. The van der Waals surface area contributed by atoms with Crippen molar-refractivity contribution in [2.75, 3.05) is 20.2 Å². The molecule has 2 aromatic rings. The van der Waals surface area contributed by atoms with Gasteiger partial charge in [-0.1, -0.05) is 18.2 Å². The Labute approximate surface area is 149 Å². The molecular formula is C19H27N5O. The van der Waals surface area contributed by atoms with E-state index < -0.39 is 0 Å². The van der Waals surface area contributed by atoms with Crippen LogP contribution in [0.2, 0.25) is 0 Å². The maximum absolute atomic E-state index is 5.96. The molecule has 1 aromatic carbocycles. The van der Waals surface area contributed by atoms with Gasteiger partial charge in [0.05, 0.1) is 6.61 Å². The molecule has 3 rings (SSSR count). The topological polar surface area (TPSA) is 63.5 Å². The van der Waals surface area contributed by atoms with Crippen LogP contribution in [0, 0.1) is 5.92 Å². The van der Waals surface area contributed by atoms with Gasteiger partial charge in [-0.15, -0.1) is 0 Å². The standard InChI is InChI=1S/C19H27N5O/c1-20-19(21-10-4-12-24-13-5-11-23-24)22-14-17-6-2-3-7-18(17)25-15-16-8-9-16/h2-3,5-7,11,13,16H,4,8-10,12,14-15H2,1H3,(H2,20,21,22). The average molecular weight is 341 g/mol. The summed E-state index contributed by atoms with van der Waals surface area (Å²) in [7, 11) is 1.79. The van der Waals surface area contributed by atoms with Crippen LogP contribution in [0.1, 0.15) is 24.8 Å². The van der Waals surface area contributed by atoms with Crippen molar-refractivity contribution < 1.29 is 4.74 Å². The largest absolute Gasteiger partial charge is 0.493 e. The van der Waals surface area contributed by atoms with Gasteiger partial charge in [-0.2, -0.15) is 5.10 Å². The molecule has 1 aromatic heterocycles. The van der Waals surface area contributed by atoms with Gasteiger partial charge in [-0.25, -0.2) is 0 Å². The number of nitrogens with one attached hydrogen (secondary N) is 2. The molecule has 0 bridgehead atoms. The summed E-state index contributed by atoms with van der Waals surface area (Å²) >= 11 is 0. The first-order valence-corrected chi connectivity index (χ1v) is 8.98. The fourth-order valence-electron chi connectivity index (χ4n) is 2.56. The maximum Gasteiger partial charge on any atom is 0.191 e. The van der Waals surface area contributed by atoms with Gasteiger partial charge in [0.2, 0.25) is 0 Å². The summed E-state index contributed by atoms with van der Waals surface area (Å²) in [4.78, 5) is 4.28. The SMILES string of the molecule is CN=C(NCCCn1cccn1)NCc1ccccc1OCC1CC1. The third-order valence-electron chi connectivity index (χ3n) is 4.23. The molecule has 2 N–H and O–H groups in total. The fraction of sp³-hybridized carbons (Fsp3) is 0.474. The molecule has 0 spiro atoms. The van der Waals surface area contributed by atoms with E-state index >= 15 is 0 Å². The van der Waals surface area contributed by atoms with E-state index in [2.05, 4.69) is 26.8 Å². The van der Waals surface area contributed by atoms with Crippen LogP contribution in [-0.4, -0.2) is 35.9 Å². The van der Waals surface area contributed by atoms with Crippen molar-refractivity contribution in [3.05, 3.63) is 48.3 Å². The average Bonchev–Trinajstić information content (AvgIpc) is 3.33. The van der Waals surface area contributed by atoms with Gasteiger partial charge < -0.3 is 15.4 Å². The molecule has 1 fully saturated rings. The van der Waals surface area contributed by atoms with Gasteiger partial charge in [0, 0.05) is 44.6 Å². The fourth-order valence-corrected chi connectivity index (χ4v) is 2.56. The van der Waals surface area contributed by atoms with Crippen molar-refractivity contribution in [3.63, 3.8) is 0 Å². The number of guanidine groups is 1. The van der Waals surface area contributed by atoms with Gasteiger partial charge >= 0.3 is 0 Å². The van der Waals surface area contributed by atoms with Crippen LogP contribution < -0.4 is 15.4 Å². The lowest BCUT2D eigenvalue weighted by molar-refractivity contribution is 0.296. The third-order valence-corrected chi connectivity index (χ3v) is 4.23. The smallest absolute Gasteiger partial charge is 0.191 e. The van der Waals surface area contributed by atoms with Crippen LogP contribution in [0.25, 0.3) is 0 Å². The Bertz CT molecular complexity index is 664. The summed E-state index contributed by atoms with van der Waals surface area (Å²) < 4.78 is 7.89. The highest BCUT2D eigenvalue weighted by Gasteiger charge is 2.22. The zero-order chi connectivity index (χ0) is 17.3. The van der Waals surface area contributed by atoms with Gasteiger partial charge in [-0.05, 0) is 37.3 Å². The zero-order valence-corrected chi connectivity index (χ0v) is 14.8. The number of aromatic nitrogens is 2. The molecule has 0 amide bonds. The number of aliphatic imine (C=N–C) groups is 1. The van der Waals surface area contributed by atoms with Gasteiger partial charge in [0.25, 0.3) is 0 Å². The molecule has 25 heavy (non-hydrogen) atoms. The summed E-state index contributed by atoms with van der Waals surface area (Å²) in [6, 6.07) is 10.1. The summed E-state index contributed by atoms with van der Waals surface area (Å²) in [6.07, 6.45) is 7.37. The molecule has 0 radical (unpaired) electrons. The van der Waals surface area contributed by atoms with E-state index in [0.717, 1.165) is 49.3 Å². The number of hydrogen-bond acceptors (Lipinski definition) is 3. The number of benzene rings is 1. The predicted octanol–water partition coefficient (Wildman–Crippen LogP) is 2.43. The Balaban J connectivity index is 1.41.